The third kappa shape index (κ3) is 5.14. The molecule has 0 aliphatic heterocycles. The highest BCUT2D eigenvalue weighted by Gasteiger charge is 2.11. The van der Waals surface area contributed by atoms with E-state index in [2.05, 4.69) is 34.8 Å². The van der Waals surface area contributed by atoms with E-state index in [1.165, 1.54) is 16.4 Å². The molecule has 0 unspecified atom stereocenters. The molecule has 1 heterocycles. The van der Waals surface area contributed by atoms with E-state index in [0.717, 1.165) is 6.42 Å². The van der Waals surface area contributed by atoms with E-state index in [-0.39, 0.29) is 18.5 Å². The minimum atomic E-state index is -0.488. The van der Waals surface area contributed by atoms with Crippen LogP contribution in [0.4, 0.5) is 10.5 Å². The Labute approximate surface area is 134 Å². The van der Waals surface area contributed by atoms with Crippen LogP contribution in [0.1, 0.15) is 24.8 Å². The van der Waals surface area contributed by atoms with Gasteiger partial charge in [-0.3, -0.25) is 9.48 Å². The lowest BCUT2D eigenvalue weighted by molar-refractivity contribution is -0.118. The number of carbonyl (C=O) groups is 2. The molecule has 7 heteroatoms. The van der Waals surface area contributed by atoms with Gasteiger partial charge in [-0.25, -0.2) is 4.79 Å². The van der Waals surface area contributed by atoms with Crippen molar-refractivity contribution in [1.82, 2.24) is 15.1 Å². The number of anilines is 1. The molecule has 0 saturated heterocycles. The summed E-state index contributed by atoms with van der Waals surface area (Å²) in [7, 11) is 0. The summed E-state index contributed by atoms with van der Waals surface area (Å²) in [6.45, 7) is 2.61. The Morgan fingerprint density at radius 2 is 2.04 bits per heavy atom. The molecule has 7 nitrogen and oxygen atoms in total. The molecule has 1 aromatic heterocycles. The van der Waals surface area contributed by atoms with Gasteiger partial charge in [0.1, 0.15) is 6.54 Å². The van der Waals surface area contributed by atoms with Crippen LogP contribution in [0.5, 0.6) is 0 Å². The topological polar surface area (TPSA) is 102 Å². The molecule has 0 fully saturated rings. The smallest absolute Gasteiger partial charge is 0.319 e. The number of urea groups is 1. The summed E-state index contributed by atoms with van der Waals surface area (Å²) >= 11 is 0. The van der Waals surface area contributed by atoms with E-state index >= 15 is 0 Å². The molecule has 0 aliphatic carbocycles. The summed E-state index contributed by atoms with van der Waals surface area (Å²) in [6, 6.07) is 9.76. The first-order valence-corrected chi connectivity index (χ1v) is 7.49. The fraction of sp³-hybridized carbons (Fsp3) is 0.312. The molecule has 2 aromatic rings. The quantitative estimate of drug-likeness (QED) is 0.724. The van der Waals surface area contributed by atoms with E-state index in [4.69, 9.17) is 5.73 Å². The first-order chi connectivity index (χ1) is 11.1. The van der Waals surface area contributed by atoms with Crippen LogP contribution >= 0.6 is 0 Å². The van der Waals surface area contributed by atoms with E-state index in [0.29, 0.717) is 12.2 Å². The van der Waals surface area contributed by atoms with Gasteiger partial charge in [-0.15, -0.1) is 0 Å². The van der Waals surface area contributed by atoms with Crippen LogP contribution in [0, 0.1) is 0 Å². The monoisotopic (exact) mass is 315 g/mol. The second-order valence-electron chi connectivity index (χ2n) is 5.24. The average molecular weight is 315 g/mol. The van der Waals surface area contributed by atoms with Crippen molar-refractivity contribution in [2.45, 2.75) is 25.8 Å². The molecule has 0 saturated carbocycles. The Morgan fingerprint density at radius 3 is 2.70 bits per heavy atom. The van der Waals surface area contributed by atoms with Crippen LogP contribution in [0.2, 0.25) is 0 Å². The molecule has 0 spiro atoms. The first kappa shape index (κ1) is 16.5. The summed E-state index contributed by atoms with van der Waals surface area (Å²) in [6.07, 6.45) is 3.96. The van der Waals surface area contributed by atoms with Gasteiger partial charge < -0.3 is 16.4 Å². The number of hydrogen-bond donors (Lipinski definition) is 3. The van der Waals surface area contributed by atoms with Gasteiger partial charge in [-0.05, 0) is 12.0 Å². The Hall–Kier alpha value is -2.83. The van der Waals surface area contributed by atoms with Crippen molar-refractivity contribution in [3.63, 3.8) is 0 Å². The third-order valence-electron chi connectivity index (χ3n) is 3.48. The van der Waals surface area contributed by atoms with E-state index in [1.54, 1.807) is 6.20 Å². The summed E-state index contributed by atoms with van der Waals surface area (Å²) in [5, 5.41) is 9.47. The zero-order valence-electron chi connectivity index (χ0n) is 13.0. The molecule has 0 radical (unpaired) electrons. The summed E-state index contributed by atoms with van der Waals surface area (Å²) in [5.41, 5.74) is 6.80. The molecular weight excluding hydrogens is 294 g/mol. The van der Waals surface area contributed by atoms with Crippen molar-refractivity contribution in [2.75, 3.05) is 11.9 Å². The minimum Gasteiger partial charge on any atom is -0.368 e. The van der Waals surface area contributed by atoms with Gasteiger partial charge in [0.05, 0.1) is 11.9 Å². The lowest BCUT2D eigenvalue weighted by Crippen LogP contribution is -2.32. The lowest BCUT2D eigenvalue weighted by atomic mass is 9.97. The summed E-state index contributed by atoms with van der Waals surface area (Å²) < 4.78 is 1.37. The fourth-order valence-electron chi connectivity index (χ4n) is 2.29. The number of primary amides is 1. The zero-order chi connectivity index (χ0) is 16.7. The molecule has 122 valence electrons. The van der Waals surface area contributed by atoms with Crippen LogP contribution in [0.15, 0.2) is 42.7 Å². The molecular formula is C16H21N5O2. The number of benzene rings is 1. The van der Waals surface area contributed by atoms with E-state index in [1.807, 2.05) is 18.2 Å². The molecule has 23 heavy (non-hydrogen) atoms. The molecule has 1 aromatic carbocycles. The molecule has 1 atom stereocenters. The van der Waals surface area contributed by atoms with Crippen LogP contribution in [0.25, 0.3) is 0 Å². The van der Waals surface area contributed by atoms with E-state index in [9.17, 15) is 9.59 Å². The van der Waals surface area contributed by atoms with Gasteiger partial charge in [0.2, 0.25) is 5.91 Å². The maximum Gasteiger partial charge on any atom is 0.319 e. The largest absolute Gasteiger partial charge is 0.368 e. The number of hydrogen-bond acceptors (Lipinski definition) is 3. The van der Waals surface area contributed by atoms with Crippen molar-refractivity contribution in [2.24, 2.45) is 5.73 Å². The number of nitrogens with one attached hydrogen (secondary N) is 2. The fourth-order valence-corrected chi connectivity index (χ4v) is 2.29. The molecule has 4 N–H and O–H groups in total. The van der Waals surface area contributed by atoms with Crippen molar-refractivity contribution in [3.8, 4) is 0 Å². The Bertz CT molecular complexity index is 654. The van der Waals surface area contributed by atoms with Crippen molar-refractivity contribution in [3.05, 3.63) is 48.3 Å². The van der Waals surface area contributed by atoms with Gasteiger partial charge in [0.15, 0.2) is 0 Å². The van der Waals surface area contributed by atoms with Gasteiger partial charge in [-0.2, -0.15) is 5.10 Å². The number of rotatable bonds is 7. The molecule has 0 bridgehead atoms. The Balaban J connectivity index is 1.84. The second-order valence-corrected chi connectivity index (χ2v) is 5.24. The molecule has 2 rings (SSSR count). The predicted molar refractivity (Wildman–Crippen MR) is 87.9 cm³/mol. The van der Waals surface area contributed by atoms with Gasteiger partial charge in [0, 0.05) is 18.7 Å². The maximum atomic E-state index is 11.9. The zero-order valence-corrected chi connectivity index (χ0v) is 13.0. The SMILES string of the molecule is CC[C@H](CNC(=O)Nc1cnn(CC(N)=O)c1)c1ccccc1. The number of nitrogens with two attached hydrogens (primary N) is 1. The van der Waals surface area contributed by atoms with Gasteiger partial charge in [-0.1, -0.05) is 37.3 Å². The highest BCUT2D eigenvalue weighted by atomic mass is 16.2. The minimum absolute atomic E-state index is 0.0186. The van der Waals surface area contributed by atoms with Crippen LogP contribution in [-0.4, -0.2) is 28.3 Å². The third-order valence-corrected chi connectivity index (χ3v) is 3.48. The maximum absolute atomic E-state index is 11.9. The highest BCUT2D eigenvalue weighted by Crippen LogP contribution is 2.17. The van der Waals surface area contributed by atoms with Crippen LogP contribution in [-0.2, 0) is 11.3 Å². The Morgan fingerprint density at radius 1 is 1.30 bits per heavy atom. The molecule has 3 amide bonds. The number of amides is 3. The van der Waals surface area contributed by atoms with Crippen molar-refractivity contribution >= 4 is 17.6 Å². The number of carbonyl (C=O) groups excluding carboxylic acids is 2. The van der Waals surface area contributed by atoms with Gasteiger partial charge in [0.25, 0.3) is 0 Å². The average Bonchev–Trinajstić information content (AvgIpc) is 2.95. The van der Waals surface area contributed by atoms with Crippen molar-refractivity contribution in [1.29, 1.82) is 0 Å². The van der Waals surface area contributed by atoms with Crippen LogP contribution in [0.3, 0.4) is 0 Å². The summed E-state index contributed by atoms with van der Waals surface area (Å²) in [5.74, 6) is -0.225. The second kappa shape index (κ2) is 7.98. The molecule has 0 aliphatic rings. The predicted octanol–water partition coefficient (Wildman–Crippen LogP) is 1.68. The van der Waals surface area contributed by atoms with Gasteiger partial charge >= 0.3 is 6.03 Å². The lowest BCUT2D eigenvalue weighted by Gasteiger charge is -2.16. The number of aromatic nitrogens is 2. The van der Waals surface area contributed by atoms with E-state index < -0.39 is 5.91 Å². The first-order valence-electron chi connectivity index (χ1n) is 7.49. The van der Waals surface area contributed by atoms with Crippen LogP contribution < -0.4 is 16.4 Å². The Kier molecular flexibility index (Phi) is 5.74. The number of nitrogens with zero attached hydrogens (tertiary/aromatic N) is 2. The normalized spacial score (nSPS) is 11.7. The standard InChI is InChI=1S/C16H21N5O2/c1-2-12(13-6-4-3-5-7-13)8-18-16(23)20-14-9-19-21(10-14)11-15(17)22/h3-7,9-10,12H,2,8,11H2,1H3,(H2,17,22)(H2,18,20,23)/t12-/m1/s1. The highest BCUT2D eigenvalue weighted by molar-refractivity contribution is 5.89. The van der Waals surface area contributed by atoms with Crippen molar-refractivity contribution < 1.29 is 9.59 Å². The summed E-state index contributed by atoms with van der Waals surface area (Å²) in [4.78, 5) is 22.8.